The second-order valence-corrected chi connectivity index (χ2v) is 4.79. The number of ketones is 1. The van der Waals surface area contributed by atoms with Crippen molar-refractivity contribution < 1.29 is 4.79 Å². The van der Waals surface area contributed by atoms with Gasteiger partial charge in [-0.25, -0.2) is 0 Å². The summed E-state index contributed by atoms with van der Waals surface area (Å²) in [5.41, 5.74) is 0. The molecule has 2 unspecified atom stereocenters. The highest BCUT2D eigenvalue weighted by atomic mass is 16.1. The van der Waals surface area contributed by atoms with E-state index < -0.39 is 0 Å². The number of carbonyl (C=O) groups excluding carboxylic acids is 1. The molecule has 0 heterocycles. The first-order chi connectivity index (χ1) is 6.31. The Labute approximate surface area is 80.9 Å². The fourth-order valence-electron chi connectivity index (χ4n) is 3.28. The van der Waals surface area contributed by atoms with Crippen LogP contribution in [-0.2, 0) is 4.79 Å². The highest BCUT2D eigenvalue weighted by Gasteiger charge is 2.37. The third-order valence-electron chi connectivity index (χ3n) is 4.04. The van der Waals surface area contributed by atoms with E-state index in [4.69, 9.17) is 0 Å². The summed E-state index contributed by atoms with van der Waals surface area (Å²) in [5.74, 6) is 2.79. The minimum atomic E-state index is 0.443. The molecule has 0 bridgehead atoms. The molecule has 2 rings (SSSR count). The number of carbonyl (C=O) groups is 1. The first-order valence-corrected chi connectivity index (χ1v) is 5.84. The molecule has 2 saturated carbocycles. The minimum absolute atomic E-state index is 0.443. The second-order valence-electron chi connectivity index (χ2n) is 4.79. The van der Waals surface area contributed by atoms with Gasteiger partial charge in [0.15, 0.2) is 0 Å². The van der Waals surface area contributed by atoms with E-state index in [1.807, 2.05) is 6.92 Å². The highest BCUT2D eigenvalue weighted by Crippen LogP contribution is 2.45. The van der Waals surface area contributed by atoms with Gasteiger partial charge in [-0.15, -0.1) is 0 Å². The van der Waals surface area contributed by atoms with Crippen molar-refractivity contribution in [3.8, 4) is 0 Å². The van der Waals surface area contributed by atoms with Crippen LogP contribution in [0.4, 0.5) is 0 Å². The Hall–Kier alpha value is -0.330. The van der Waals surface area contributed by atoms with Gasteiger partial charge in [0.25, 0.3) is 0 Å². The van der Waals surface area contributed by atoms with E-state index in [1.54, 1.807) is 0 Å². The van der Waals surface area contributed by atoms with Crippen molar-refractivity contribution in [2.75, 3.05) is 0 Å². The molecule has 1 heteroatoms. The number of fused-ring (bicyclic) bond motifs is 1. The minimum Gasteiger partial charge on any atom is -0.299 e. The van der Waals surface area contributed by atoms with Crippen LogP contribution in [0.2, 0.25) is 0 Å². The Bertz CT molecular complexity index is 183. The molecule has 2 fully saturated rings. The Morgan fingerprint density at radius 2 is 1.69 bits per heavy atom. The monoisotopic (exact) mass is 180 g/mol. The molecule has 0 N–H and O–H groups in total. The number of rotatable bonds is 2. The van der Waals surface area contributed by atoms with Gasteiger partial charge in [-0.2, -0.15) is 0 Å². The molecule has 2 atom stereocenters. The smallest absolute Gasteiger partial charge is 0.135 e. The summed E-state index contributed by atoms with van der Waals surface area (Å²) in [6, 6.07) is 0. The average Bonchev–Trinajstić information content (AvgIpc) is 2.59. The molecule has 13 heavy (non-hydrogen) atoms. The van der Waals surface area contributed by atoms with Gasteiger partial charge in [0.1, 0.15) is 5.78 Å². The van der Waals surface area contributed by atoms with Crippen LogP contribution in [0.1, 0.15) is 51.9 Å². The summed E-state index contributed by atoms with van der Waals surface area (Å²) in [6.45, 7) is 2.00. The SMILES string of the molecule is CCC(=O)C1CC2CCCCC2C1. The predicted molar refractivity (Wildman–Crippen MR) is 53.5 cm³/mol. The standard InChI is InChI=1S/C12H20O/c1-2-12(13)11-7-9-5-3-4-6-10(9)8-11/h9-11H,2-8H2,1H3. The van der Waals surface area contributed by atoms with Gasteiger partial charge in [0.05, 0.1) is 0 Å². The van der Waals surface area contributed by atoms with E-state index in [1.165, 1.54) is 38.5 Å². The van der Waals surface area contributed by atoms with E-state index in [0.29, 0.717) is 11.7 Å². The zero-order valence-electron chi connectivity index (χ0n) is 8.59. The van der Waals surface area contributed by atoms with Crippen molar-refractivity contribution in [2.45, 2.75) is 51.9 Å². The molecule has 0 aromatic heterocycles. The summed E-state index contributed by atoms with van der Waals surface area (Å²) in [4.78, 5) is 11.6. The third kappa shape index (κ3) is 1.79. The van der Waals surface area contributed by atoms with Crippen LogP contribution in [0.15, 0.2) is 0 Å². The largest absolute Gasteiger partial charge is 0.299 e. The van der Waals surface area contributed by atoms with Crippen LogP contribution in [-0.4, -0.2) is 5.78 Å². The Morgan fingerprint density at radius 3 is 2.15 bits per heavy atom. The van der Waals surface area contributed by atoms with Crippen molar-refractivity contribution >= 4 is 5.78 Å². The molecule has 0 aromatic rings. The topological polar surface area (TPSA) is 17.1 Å². The summed E-state index contributed by atoms with van der Waals surface area (Å²) in [6.07, 6.45) is 8.82. The highest BCUT2D eigenvalue weighted by molar-refractivity contribution is 5.81. The summed E-state index contributed by atoms with van der Waals surface area (Å²) >= 11 is 0. The molecule has 0 saturated heterocycles. The maximum atomic E-state index is 11.6. The molecule has 0 amide bonds. The molecular formula is C12H20O. The van der Waals surface area contributed by atoms with Crippen molar-refractivity contribution in [2.24, 2.45) is 17.8 Å². The van der Waals surface area contributed by atoms with Crippen molar-refractivity contribution in [3.05, 3.63) is 0 Å². The molecule has 2 aliphatic carbocycles. The van der Waals surface area contributed by atoms with Gasteiger partial charge in [0.2, 0.25) is 0 Å². The van der Waals surface area contributed by atoms with Crippen LogP contribution in [0.3, 0.4) is 0 Å². The second kappa shape index (κ2) is 3.81. The maximum absolute atomic E-state index is 11.6. The normalized spacial score (nSPS) is 38.7. The van der Waals surface area contributed by atoms with Crippen LogP contribution in [0.5, 0.6) is 0 Å². The van der Waals surface area contributed by atoms with Crippen LogP contribution in [0, 0.1) is 17.8 Å². The van der Waals surface area contributed by atoms with Crippen molar-refractivity contribution in [1.82, 2.24) is 0 Å². The lowest BCUT2D eigenvalue weighted by molar-refractivity contribution is -0.122. The van der Waals surface area contributed by atoms with E-state index in [0.717, 1.165) is 18.3 Å². The number of Topliss-reactive ketones (excluding diaryl/α,β-unsaturated/α-hetero) is 1. The molecule has 0 aromatic carbocycles. The fourth-order valence-corrected chi connectivity index (χ4v) is 3.28. The van der Waals surface area contributed by atoms with Crippen LogP contribution in [0.25, 0.3) is 0 Å². The maximum Gasteiger partial charge on any atom is 0.135 e. The Morgan fingerprint density at radius 1 is 1.15 bits per heavy atom. The summed E-state index contributed by atoms with van der Waals surface area (Å²) in [7, 11) is 0. The Balaban J connectivity index is 1.94. The van der Waals surface area contributed by atoms with Gasteiger partial charge < -0.3 is 0 Å². The number of hydrogen-bond acceptors (Lipinski definition) is 1. The van der Waals surface area contributed by atoms with Crippen molar-refractivity contribution in [3.63, 3.8) is 0 Å². The predicted octanol–water partition coefficient (Wildman–Crippen LogP) is 3.18. The summed E-state index contributed by atoms with van der Waals surface area (Å²) in [5, 5.41) is 0. The van der Waals surface area contributed by atoms with Gasteiger partial charge in [-0.1, -0.05) is 32.6 Å². The van der Waals surface area contributed by atoms with Crippen molar-refractivity contribution in [1.29, 1.82) is 0 Å². The first kappa shape index (κ1) is 9.23. The van der Waals surface area contributed by atoms with Gasteiger partial charge in [-0.05, 0) is 24.7 Å². The van der Waals surface area contributed by atoms with Gasteiger partial charge in [-0.3, -0.25) is 4.79 Å². The number of hydrogen-bond donors (Lipinski definition) is 0. The molecule has 0 aliphatic heterocycles. The van der Waals surface area contributed by atoms with Gasteiger partial charge in [0, 0.05) is 12.3 Å². The average molecular weight is 180 g/mol. The quantitative estimate of drug-likeness (QED) is 0.638. The molecular weight excluding hydrogens is 160 g/mol. The van der Waals surface area contributed by atoms with E-state index in [2.05, 4.69) is 0 Å². The Kier molecular flexibility index (Phi) is 2.71. The zero-order chi connectivity index (χ0) is 9.26. The van der Waals surface area contributed by atoms with E-state index in [-0.39, 0.29) is 0 Å². The van der Waals surface area contributed by atoms with E-state index >= 15 is 0 Å². The van der Waals surface area contributed by atoms with Crippen LogP contribution < -0.4 is 0 Å². The molecule has 2 aliphatic rings. The lowest BCUT2D eigenvalue weighted by Gasteiger charge is -2.24. The molecule has 1 nitrogen and oxygen atoms in total. The lowest BCUT2D eigenvalue weighted by Crippen LogP contribution is -2.12. The third-order valence-corrected chi connectivity index (χ3v) is 4.04. The van der Waals surface area contributed by atoms with Gasteiger partial charge >= 0.3 is 0 Å². The van der Waals surface area contributed by atoms with E-state index in [9.17, 15) is 4.79 Å². The first-order valence-electron chi connectivity index (χ1n) is 5.84. The summed E-state index contributed by atoms with van der Waals surface area (Å²) < 4.78 is 0. The zero-order valence-corrected chi connectivity index (χ0v) is 8.59. The fraction of sp³-hybridized carbons (Fsp3) is 0.917. The molecule has 0 radical (unpaired) electrons. The lowest BCUT2D eigenvalue weighted by atomic mass is 9.82. The molecule has 74 valence electrons. The molecule has 0 spiro atoms. The van der Waals surface area contributed by atoms with Crippen LogP contribution >= 0.6 is 0 Å².